The summed E-state index contributed by atoms with van der Waals surface area (Å²) in [7, 11) is 0. The van der Waals surface area contributed by atoms with Crippen LogP contribution in [0.15, 0.2) is 18.2 Å². The molecule has 0 bridgehead atoms. The molecule has 4 nitrogen and oxygen atoms in total. The number of aromatic amines is 1. The number of hydrogen-bond donors (Lipinski definition) is 3. The van der Waals surface area contributed by atoms with Crippen LogP contribution in [-0.2, 0) is 0 Å². The van der Waals surface area contributed by atoms with Gasteiger partial charge in [-0.05, 0) is 32.0 Å². The molecule has 2 aromatic rings. The molecule has 2 rings (SSSR count). The fourth-order valence-corrected chi connectivity index (χ4v) is 2.28. The van der Waals surface area contributed by atoms with Crippen LogP contribution >= 0.6 is 11.6 Å². The lowest BCUT2D eigenvalue weighted by molar-refractivity contribution is 0.0954. The molecule has 0 aliphatic rings. The summed E-state index contributed by atoms with van der Waals surface area (Å²) in [4.78, 5) is 15.3. The molecule has 1 heterocycles. The first kappa shape index (κ1) is 12.9. The van der Waals surface area contributed by atoms with Gasteiger partial charge in [-0.15, -0.1) is 0 Å². The van der Waals surface area contributed by atoms with Crippen LogP contribution < -0.4 is 11.1 Å². The third-order valence-corrected chi connectivity index (χ3v) is 3.17. The number of amides is 1. The molecule has 0 aliphatic carbocycles. The minimum absolute atomic E-state index is 0.111. The summed E-state index contributed by atoms with van der Waals surface area (Å²) in [6.07, 6.45) is 0.765. The van der Waals surface area contributed by atoms with Crippen LogP contribution in [0.1, 0.15) is 22.5 Å². The highest BCUT2D eigenvalue weighted by Crippen LogP contribution is 2.28. The fourth-order valence-electron chi connectivity index (χ4n) is 2.01. The number of carbonyl (C=O) groups excluding carboxylic acids is 1. The van der Waals surface area contributed by atoms with Crippen LogP contribution in [0.5, 0.6) is 0 Å². The van der Waals surface area contributed by atoms with Crippen LogP contribution in [0.3, 0.4) is 0 Å². The Labute approximate surface area is 111 Å². The van der Waals surface area contributed by atoms with Crippen molar-refractivity contribution < 1.29 is 4.79 Å². The van der Waals surface area contributed by atoms with Crippen LogP contribution in [0.2, 0.25) is 5.02 Å². The Hall–Kier alpha value is -1.52. The predicted octanol–water partition coefficient (Wildman–Crippen LogP) is 2.21. The first-order valence-corrected chi connectivity index (χ1v) is 6.28. The second-order valence-corrected chi connectivity index (χ2v) is 4.59. The number of rotatable bonds is 4. The van der Waals surface area contributed by atoms with E-state index in [4.69, 9.17) is 17.3 Å². The normalized spacial score (nSPS) is 10.8. The lowest BCUT2D eigenvalue weighted by Crippen LogP contribution is -2.26. The Morgan fingerprint density at radius 2 is 2.28 bits per heavy atom. The summed E-state index contributed by atoms with van der Waals surface area (Å²) in [5.74, 6) is -0.111. The topological polar surface area (TPSA) is 70.9 Å². The molecular weight excluding hydrogens is 250 g/mol. The summed E-state index contributed by atoms with van der Waals surface area (Å²) >= 11 is 6.16. The minimum Gasteiger partial charge on any atom is -0.358 e. The maximum Gasteiger partial charge on any atom is 0.253 e. The molecule has 0 fully saturated rings. The number of aromatic nitrogens is 1. The monoisotopic (exact) mass is 265 g/mol. The molecule has 18 heavy (non-hydrogen) atoms. The van der Waals surface area contributed by atoms with Crippen molar-refractivity contribution in [3.05, 3.63) is 34.5 Å². The van der Waals surface area contributed by atoms with Crippen molar-refractivity contribution in [1.29, 1.82) is 0 Å². The van der Waals surface area contributed by atoms with Crippen molar-refractivity contribution in [2.75, 3.05) is 13.1 Å². The van der Waals surface area contributed by atoms with Crippen molar-refractivity contribution >= 4 is 28.4 Å². The smallest absolute Gasteiger partial charge is 0.253 e. The van der Waals surface area contributed by atoms with Gasteiger partial charge in [0.1, 0.15) is 0 Å². The number of H-pyrrole nitrogens is 1. The van der Waals surface area contributed by atoms with Crippen LogP contribution in [-0.4, -0.2) is 24.0 Å². The van der Waals surface area contributed by atoms with Gasteiger partial charge in [0, 0.05) is 23.1 Å². The minimum atomic E-state index is -0.111. The molecule has 0 saturated heterocycles. The standard InChI is InChI=1S/C13H16ClN3O/c1-8-11(13(18)16-7-3-6-15)12-9(14)4-2-5-10(12)17-8/h2,4-5,17H,3,6-7,15H2,1H3,(H,16,18). The van der Waals surface area contributed by atoms with Gasteiger partial charge in [-0.3, -0.25) is 4.79 Å². The summed E-state index contributed by atoms with van der Waals surface area (Å²) in [6.45, 7) is 3.01. The average Bonchev–Trinajstić information content (AvgIpc) is 2.67. The molecule has 0 saturated carbocycles. The predicted molar refractivity (Wildman–Crippen MR) is 74.1 cm³/mol. The van der Waals surface area contributed by atoms with E-state index in [1.54, 1.807) is 6.07 Å². The lowest BCUT2D eigenvalue weighted by Gasteiger charge is -2.05. The van der Waals surface area contributed by atoms with Crippen molar-refractivity contribution in [2.24, 2.45) is 5.73 Å². The van der Waals surface area contributed by atoms with Gasteiger partial charge in [-0.1, -0.05) is 17.7 Å². The highest BCUT2D eigenvalue weighted by atomic mass is 35.5. The number of halogens is 1. The van der Waals surface area contributed by atoms with E-state index in [0.29, 0.717) is 23.7 Å². The van der Waals surface area contributed by atoms with Gasteiger partial charge in [0.2, 0.25) is 0 Å². The van der Waals surface area contributed by atoms with Crippen LogP contribution in [0.25, 0.3) is 10.9 Å². The van der Waals surface area contributed by atoms with Gasteiger partial charge in [-0.25, -0.2) is 0 Å². The molecule has 5 heteroatoms. The third-order valence-electron chi connectivity index (χ3n) is 2.85. The molecule has 1 aromatic heterocycles. The molecule has 96 valence electrons. The van der Waals surface area contributed by atoms with E-state index in [2.05, 4.69) is 10.3 Å². The average molecular weight is 266 g/mol. The first-order valence-electron chi connectivity index (χ1n) is 5.90. The van der Waals surface area contributed by atoms with E-state index >= 15 is 0 Å². The highest BCUT2D eigenvalue weighted by molar-refractivity contribution is 6.37. The quantitative estimate of drug-likeness (QED) is 0.742. The molecule has 0 atom stereocenters. The Bertz CT molecular complexity index is 577. The van der Waals surface area contributed by atoms with E-state index in [1.165, 1.54) is 0 Å². The van der Waals surface area contributed by atoms with E-state index in [9.17, 15) is 4.79 Å². The second-order valence-electron chi connectivity index (χ2n) is 4.19. The van der Waals surface area contributed by atoms with Gasteiger partial charge in [-0.2, -0.15) is 0 Å². The summed E-state index contributed by atoms with van der Waals surface area (Å²) in [5, 5.41) is 4.21. The van der Waals surface area contributed by atoms with Gasteiger partial charge in [0.15, 0.2) is 0 Å². The fraction of sp³-hybridized carbons (Fsp3) is 0.308. The van der Waals surface area contributed by atoms with Gasteiger partial charge >= 0.3 is 0 Å². The molecular formula is C13H16ClN3O. The van der Waals surface area contributed by atoms with Gasteiger partial charge in [0.25, 0.3) is 5.91 Å². The number of nitrogens with two attached hydrogens (primary N) is 1. The van der Waals surface area contributed by atoms with Gasteiger partial charge < -0.3 is 16.0 Å². The zero-order valence-electron chi connectivity index (χ0n) is 10.2. The van der Waals surface area contributed by atoms with E-state index in [-0.39, 0.29) is 5.91 Å². The number of hydrogen-bond acceptors (Lipinski definition) is 2. The molecule has 0 aliphatic heterocycles. The van der Waals surface area contributed by atoms with E-state index in [0.717, 1.165) is 23.0 Å². The number of carbonyl (C=O) groups is 1. The van der Waals surface area contributed by atoms with E-state index in [1.807, 2.05) is 19.1 Å². The maximum absolute atomic E-state index is 12.1. The van der Waals surface area contributed by atoms with Crippen molar-refractivity contribution in [3.8, 4) is 0 Å². The first-order chi connectivity index (χ1) is 8.65. The molecule has 1 amide bonds. The molecule has 0 spiro atoms. The van der Waals surface area contributed by atoms with Crippen molar-refractivity contribution in [3.63, 3.8) is 0 Å². The van der Waals surface area contributed by atoms with Crippen molar-refractivity contribution in [2.45, 2.75) is 13.3 Å². The van der Waals surface area contributed by atoms with Gasteiger partial charge in [0.05, 0.1) is 10.6 Å². The Balaban J connectivity index is 2.37. The largest absolute Gasteiger partial charge is 0.358 e. The number of benzene rings is 1. The molecule has 0 radical (unpaired) electrons. The van der Waals surface area contributed by atoms with E-state index < -0.39 is 0 Å². The molecule has 1 aromatic carbocycles. The number of nitrogens with one attached hydrogen (secondary N) is 2. The Morgan fingerprint density at radius 1 is 1.50 bits per heavy atom. The Morgan fingerprint density at radius 3 is 3.00 bits per heavy atom. The van der Waals surface area contributed by atoms with Crippen LogP contribution in [0, 0.1) is 6.92 Å². The third kappa shape index (κ3) is 2.35. The van der Waals surface area contributed by atoms with Crippen LogP contribution in [0.4, 0.5) is 0 Å². The Kier molecular flexibility index (Phi) is 3.89. The second kappa shape index (κ2) is 5.42. The zero-order chi connectivity index (χ0) is 13.1. The van der Waals surface area contributed by atoms with Crippen molar-refractivity contribution in [1.82, 2.24) is 10.3 Å². The summed E-state index contributed by atoms with van der Waals surface area (Å²) < 4.78 is 0. The molecule has 4 N–H and O–H groups in total. The SMILES string of the molecule is Cc1[nH]c2cccc(Cl)c2c1C(=O)NCCCN. The number of aryl methyl sites for hydroxylation is 1. The molecule has 0 unspecified atom stereocenters. The summed E-state index contributed by atoms with van der Waals surface area (Å²) in [6, 6.07) is 5.55. The summed E-state index contributed by atoms with van der Waals surface area (Å²) in [5.41, 5.74) is 7.72. The lowest BCUT2D eigenvalue weighted by atomic mass is 10.1. The zero-order valence-corrected chi connectivity index (χ0v) is 11.0. The maximum atomic E-state index is 12.1. The number of fused-ring (bicyclic) bond motifs is 1. The highest BCUT2D eigenvalue weighted by Gasteiger charge is 2.17.